The number of nitrogens with zero attached hydrogens (tertiary/aromatic N) is 1. The third-order valence-electron chi connectivity index (χ3n) is 5.36. The SMILES string of the molecule is CCOC(=O)[C@H]1C[C@]2(C(=O)Nc3ccccc32)N2CCC[C@H]12. The molecule has 3 atom stereocenters. The van der Waals surface area contributed by atoms with Gasteiger partial charge in [0.2, 0.25) is 5.91 Å². The van der Waals surface area contributed by atoms with Crippen LogP contribution in [0.25, 0.3) is 0 Å². The largest absolute Gasteiger partial charge is 0.466 e. The molecule has 3 aliphatic rings. The van der Waals surface area contributed by atoms with Gasteiger partial charge in [-0.2, -0.15) is 0 Å². The van der Waals surface area contributed by atoms with Crippen molar-refractivity contribution in [1.82, 2.24) is 4.90 Å². The first-order valence-corrected chi connectivity index (χ1v) is 8.03. The first-order valence-electron chi connectivity index (χ1n) is 8.03. The molecule has 0 unspecified atom stereocenters. The maximum absolute atomic E-state index is 12.8. The molecule has 1 N–H and O–H groups in total. The fourth-order valence-electron chi connectivity index (χ4n) is 4.53. The molecule has 0 aromatic heterocycles. The van der Waals surface area contributed by atoms with Crippen molar-refractivity contribution in [3.8, 4) is 0 Å². The minimum atomic E-state index is -0.685. The van der Waals surface area contributed by atoms with Crippen molar-refractivity contribution in [2.24, 2.45) is 5.92 Å². The lowest BCUT2D eigenvalue weighted by Gasteiger charge is -2.32. The first-order chi connectivity index (χ1) is 10.7. The lowest BCUT2D eigenvalue weighted by atomic mass is 9.84. The van der Waals surface area contributed by atoms with E-state index in [-0.39, 0.29) is 23.8 Å². The smallest absolute Gasteiger partial charge is 0.310 e. The third-order valence-corrected chi connectivity index (χ3v) is 5.36. The molecule has 5 nitrogen and oxygen atoms in total. The molecule has 1 spiro atoms. The summed E-state index contributed by atoms with van der Waals surface area (Å²) in [6.45, 7) is 3.08. The van der Waals surface area contributed by atoms with Gasteiger partial charge < -0.3 is 10.1 Å². The molecule has 0 radical (unpaired) electrons. The van der Waals surface area contributed by atoms with E-state index in [1.54, 1.807) is 0 Å². The number of amides is 1. The van der Waals surface area contributed by atoms with Crippen LogP contribution in [0.3, 0.4) is 0 Å². The van der Waals surface area contributed by atoms with Gasteiger partial charge in [-0.1, -0.05) is 18.2 Å². The van der Waals surface area contributed by atoms with Gasteiger partial charge in [0.15, 0.2) is 0 Å². The molecule has 2 fully saturated rings. The van der Waals surface area contributed by atoms with Crippen LogP contribution in [0, 0.1) is 5.92 Å². The Hall–Kier alpha value is -1.88. The number of carbonyl (C=O) groups excluding carboxylic acids is 2. The molecule has 2 saturated heterocycles. The maximum atomic E-state index is 12.8. The summed E-state index contributed by atoms with van der Waals surface area (Å²) in [5.41, 5.74) is 1.20. The van der Waals surface area contributed by atoms with Gasteiger partial charge in [-0.15, -0.1) is 0 Å². The molecular formula is C17H20N2O3. The highest BCUT2D eigenvalue weighted by Crippen LogP contribution is 2.54. The fourth-order valence-corrected chi connectivity index (χ4v) is 4.53. The van der Waals surface area contributed by atoms with Gasteiger partial charge in [-0.25, -0.2) is 0 Å². The zero-order valence-corrected chi connectivity index (χ0v) is 12.7. The average molecular weight is 300 g/mol. The van der Waals surface area contributed by atoms with Crippen LogP contribution < -0.4 is 5.32 Å². The summed E-state index contributed by atoms with van der Waals surface area (Å²) in [6.07, 6.45) is 2.51. The van der Waals surface area contributed by atoms with Crippen LogP contribution in [-0.2, 0) is 19.9 Å². The number of fused-ring (bicyclic) bond motifs is 4. The van der Waals surface area contributed by atoms with Crippen LogP contribution in [0.5, 0.6) is 0 Å². The second kappa shape index (κ2) is 4.81. The van der Waals surface area contributed by atoms with Crippen molar-refractivity contribution in [3.63, 3.8) is 0 Å². The normalized spacial score (nSPS) is 32.9. The van der Waals surface area contributed by atoms with E-state index in [1.807, 2.05) is 31.2 Å². The number of ether oxygens (including phenoxy) is 1. The van der Waals surface area contributed by atoms with Crippen LogP contribution in [0.2, 0.25) is 0 Å². The van der Waals surface area contributed by atoms with Crippen LogP contribution in [-0.4, -0.2) is 36.0 Å². The summed E-state index contributed by atoms with van der Waals surface area (Å²) in [4.78, 5) is 27.4. The average Bonchev–Trinajstić information content (AvgIpc) is 3.16. The molecule has 1 aromatic rings. The highest BCUT2D eigenvalue weighted by Gasteiger charge is 2.63. The number of para-hydroxylation sites is 1. The first kappa shape index (κ1) is 13.8. The van der Waals surface area contributed by atoms with E-state index in [9.17, 15) is 9.59 Å². The van der Waals surface area contributed by atoms with Crippen LogP contribution >= 0.6 is 0 Å². The van der Waals surface area contributed by atoms with Crippen LogP contribution in [0.4, 0.5) is 5.69 Å². The highest BCUT2D eigenvalue weighted by molar-refractivity contribution is 6.06. The molecule has 3 aliphatic heterocycles. The monoisotopic (exact) mass is 300 g/mol. The zero-order valence-electron chi connectivity index (χ0n) is 12.7. The Morgan fingerprint density at radius 1 is 1.45 bits per heavy atom. The van der Waals surface area contributed by atoms with Crippen molar-refractivity contribution >= 4 is 17.6 Å². The second-order valence-corrected chi connectivity index (χ2v) is 6.33. The van der Waals surface area contributed by atoms with Gasteiger partial charge in [-0.05, 0) is 38.8 Å². The Morgan fingerprint density at radius 3 is 3.09 bits per heavy atom. The molecular weight excluding hydrogens is 280 g/mol. The highest BCUT2D eigenvalue weighted by atomic mass is 16.5. The molecule has 0 bridgehead atoms. The quantitative estimate of drug-likeness (QED) is 0.847. The van der Waals surface area contributed by atoms with E-state index < -0.39 is 5.54 Å². The number of rotatable bonds is 2. The number of carbonyl (C=O) groups is 2. The molecule has 3 heterocycles. The van der Waals surface area contributed by atoms with E-state index in [0.717, 1.165) is 30.6 Å². The lowest BCUT2D eigenvalue weighted by Crippen LogP contribution is -2.47. The topological polar surface area (TPSA) is 58.6 Å². The Bertz CT molecular complexity index is 645. The third kappa shape index (κ3) is 1.63. The maximum Gasteiger partial charge on any atom is 0.310 e. The Balaban J connectivity index is 1.79. The predicted molar refractivity (Wildman–Crippen MR) is 81.2 cm³/mol. The van der Waals surface area contributed by atoms with E-state index in [4.69, 9.17) is 4.74 Å². The number of hydrogen-bond acceptors (Lipinski definition) is 4. The van der Waals surface area contributed by atoms with E-state index in [1.165, 1.54) is 0 Å². The number of anilines is 1. The molecule has 5 heteroatoms. The summed E-state index contributed by atoms with van der Waals surface area (Å²) in [5, 5.41) is 3.00. The molecule has 116 valence electrons. The van der Waals surface area contributed by atoms with Gasteiger partial charge in [0.05, 0.1) is 12.5 Å². The molecule has 0 saturated carbocycles. The summed E-state index contributed by atoms with van der Waals surface area (Å²) in [6, 6.07) is 7.96. The number of nitrogens with one attached hydrogen (secondary N) is 1. The van der Waals surface area contributed by atoms with Crippen LogP contribution in [0.1, 0.15) is 31.7 Å². The number of esters is 1. The molecule has 4 rings (SSSR count). The van der Waals surface area contributed by atoms with Gasteiger partial charge in [-0.3, -0.25) is 14.5 Å². The summed E-state index contributed by atoms with van der Waals surface area (Å²) < 4.78 is 5.26. The molecule has 22 heavy (non-hydrogen) atoms. The van der Waals surface area contributed by atoms with Gasteiger partial charge >= 0.3 is 5.97 Å². The van der Waals surface area contributed by atoms with Gasteiger partial charge in [0.25, 0.3) is 0 Å². The lowest BCUT2D eigenvalue weighted by molar-refractivity contribution is -0.148. The number of hydrogen-bond donors (Lipinski definition) is 1. The van der Waals surface area contributed by atoms with Gasteiger partial charge in [0.1, 0.15) is 5.54 Å². The Labute approximate surface area is 129 Å². The van der Waals surface area contributed by atoms with Crippen molar-refractivity contribution in [2.45, 2.75) is 37.8 Å². The van der Waals surface area contributed by atoms with E-state index >= 15 is 0 Å². The summed E-state index contributed by atoms with van der Waals surface area (Å²) >= 11 is 0. The minimum Gasteiger partial charge on any atom is -0.466 e. The Kier molecular flexibility index (Phi) is 3.01. The molecule has 1 amide bonds. The second-order valence-electron chi connectivity index (χ2n) is 6.33. The van der Waals surface area contributed by atoms with E-state index in [2.05, 4.69) is 10.2 Å². The van der Waals surface area contributed by atoms with Crippen LogP contribution in [0.15, 0.2) is 24.3 Å². The Morgan fingerprint density at radius 2 is 2.27 bits per heavy atom. The van der Waals surface area contributed by atoms with Crippen molar-refractivity contribution in [2.75, 3.05) is 18.5 Å². The zero-order chi connectivity index (χ0) is 15.3. The van der Waals surface area contributed by atoms with Crippen molar-refractivity contribution in [1.29, 1.82) is 0 Å². The van der Waals surface area contributed by atoms with Gasteiger partial charge in [0, 0.05) is 17.3 Å². The molecule has 1 aromatic carbocycles. The predicted octanol–water partition coefficient (Wildman–Crippen LogP) is 1.88. The van der Waals surface area contributed by atoms with E-state index in [0.29, 0.717) is 13.0 Å². The van der Waals surface area contributed by atoms with Crippen molar-refractivity contribution < 1.29 is 14.3 Å². The summed E-state index contributed by atoms with van der Waals surface area (Å²) in [7, 11) is 0. The standard InChI is InChI=1S/C17H20N2O3/c1-2-22-15(20)11-10-17(19-9-5-8-14(11)19)12-6-3-4-7-13(12)18-16(17)21/h3-4,6-7,11,14H,2,5,8-10H2,1H3,(H,18,21)/t11-,14+,17-/m0/s1. The van der Waals surface area contributed by atoms with Crippen molar-refractivity contribution in [3.05, 3.63) is 29.8 Å². The molecule has 0 aliphatic carbocycles. The minimum absolute atomic E-state index is 0.00685. The summed E-state index contributed by atoms with van der Waals surface area (Å²) in [5.74, 6) is -0.361. The number of benzene rings is 1. The fraction of sp³-hybridized carbons (Fsp3) is 0.529.